The highest BCUT2D eigenvalue weighted by molar-refractivity contribution is 9.10. The molecule has 110 valence electrons. The van der Waals surface area contributed by atoms with Gasteiger partial charge in [0.1, 0.15) is 0 Å². The molecule has 0 aliphatic carbocycles. The van der Waals surface area contributed by atoms with E-state index in [9.17, 15) is 0 Å². The Bertz CT molecular complexity index is 463. The van der Waals surface area contributed by atoms with E-state index in [0.29, 0.717) is 5.92 Å². The number of benzene rings is 1. The number of rotatable bonds is 3. The third kappa shape index (κ3) is 2.78. The van der Waals surface area contributed by atoms with Gasteiger partial charge in [0.25, 0.3) is 0 Å². The highest BCUT2D eigenvalue weighted by Crippen LogP contribution is 2.41. The lowest BCUT2D eigenvalue weighted by atomic mass is 9.79. The van der Waals surface area contributed by atoms with E-state index in [4.69, 9.17) is 15.3 Å². The normalized spacial score (nSPS) is 31.6. The van der Waals surface area contributed by atoms with Crippen LogP contribution in [-0.2, 0) is 9.47 Å². The molecule has 0 amide bonds. The summed E-state index contributed by atoms with van der Waals surface area (Å²) in [5.41, 5.74) is 4.14. The van der Waals surface area contributed by atoms with Crippen LogP contribution in [0.4, 0.5) is 0 Å². The predicted octanol–water partition coefficient (Wildman–Crippen LogP) is 2.54. The molecule has 2 aliphatic heterocycles. The maximum Gasteiger partial charge on any atom is 0.0940 e. The minimum Gasteiger partial charge on any atom is -0.378 e. The molecule has 0 radical (unpaired) electrons. The van der Waals surface area contributed by atoms with E-state index in [0.717, 1.165) is 43.6 Å². The van der Waals surface area contributed by atoms with Crippen molar-refractivity contribution >= 4 is 15.9 Å². The van der Waals surface area contributed by atoms with E-state index >= 15 is 0 Å². The van der Waals surface area contributed by atoms with Crippen molar-refractivity contribution in [1.82, 2.24) is 5.43 Å². The summed E-state index contributed by atoms with van der Waals surface area (Å²) in [5.74, 6) is 6.32. The summed E-state index contributed by atoms with van der Waals surface area (Å²) < 4.78 is 12.7. The van der Waals surface area contributed by atoms with E-state index < -0.39 is 0 Å². The van der Waals surface area contributed by atoms with Crippen LogP contribution in [-0.4, -0.2) is 25.4 Å². The highest BCUT2D eigenvalue weighted by atomic mass is 79.9. The number of ether oxygens (including phenoxy) is 2. The fourth-order valence-corrected chi connectivity index (χ4v) is 3.95. The summed E-state index contributed by atoms with van der Waals surface area (Å²) >= 11 is 3.63. The van der Waals surface area contributed by atoms with E-state index in [1.54, 1.807) is 0 Å². The first kappa shape index (κ1) is 14.5. The van der Waals surface area contributed by atoms with Gasteiger partial charge in [0.2, 0.25) is 0 Å². The quantitative estimate of drug-likeness (QED) is 0.655. The maximum absolute atomic E-state index is 6.01. The van der Waals surface area contributed by atoms with Crippen LogP contribution in [0, 0.1) is 5.92 Å². The minimum absolute atomic E-state index is 0.0841. The largest absolute Gasteiger partial charge is 0.378 e. The van der Waals surface area contributed by atoms with Gasteiger partial charge in [0.15, 0.2) is 0 Å². The van der Waals surface area contributed by atoms with Gasteiger partial charge >= 0.3 is 0 Å². The molecule has 2 saturated heterocycles. The standard InChI is InChI=1S/C15H21BrN2O2/c16-13-4-2-1-3-12(13)14(18-17)11-5-7-20-15(9-11)6-8-19-10-15/h1-4,11,14,18H,5-10,17H2. The number of nitrogens with one attached hydrogen (secondary N) is 1. The highest BCUT2D eigenvalue weighted by Gasteiger charge is 2.43. The molecule has 0 aromatic heterocycles. The summed E-state index contributed by atoms with van der Waals surface area (Å²) in [5, 5.41) is 0. The van der Waals surface area contributed by atoms with E-state index in [-0.39, 0.29) is 11.6 Å². The smallest absolute Gasteiger partial charge is 0.0940 e. The Morgan fingerprint density at radius 2 is 2.20 bits per heavy atom. The van der Waals surface area contributed by atoms with Crippen molar-refractivity contribution in [2.45, 2.75) is 30.9 Å². The number of hydrogen-bond donors (Lipinski definition) is 2. The number of nitrogens with two attached hydrogens (primary N) is 1. The number of halogens is 1. The lowest BCUT2D eigenvalue weighted by Crippen LogP contribution is -2.45. The van der Waals surface area contributed by atoms with Gasteiger partial charge in [0, 0.05) is 24.1 Å². The molecule has 2 fully saturated rings. The van der Waals surface area contributed by atoms with Crippen molar-refractivity contribution in [2.75, 3.05) is 19.8 Å². The van der Waals surface area contributed by atoms with Gasteiger partial charge in [-0.05, 0) is 30.4 Å². The second-order valence-electron chi connectivity index (χ2n) is 5.75. The van der Waals surface area contributed by atoms with Crippen molar-refractivity contribution in [3.05, 3.63) is 34.3 Å². The van der Waals surface area contributed by atoms with Gasteiger partial charge < -0.3 is 9.47 Å². The zero-order chi connectivity index (χ0) is 14.0. The van der Waals surface area contributed by atoms with Crippen molar-refractivity contribution in [2.24, 2.45) is 11.8 Å². The molecule has 3 rings (SSSR count). The molecule has 0 bridgehead atoms. The van der Waals surface area contributed by atoms with Crippen LogP contribution in [0.5, 0.6) is 0 Å². The molecule has 20 heavy (non-hydrogen) atoms. The van der Waals surface area contributed by atoms with Gasteiger partial charge in [-0.3, -0.25) is 11.3 Å². The number of hydrazine groups is 1. The van der Waals surface area contributed by atoms with Crippen LogP contribution >= 0.6 is 15.9 Å². The molecule has 5 heteroatoms. The molecule has 3 unspecified atom stereocenters. The Labute approximate surface area is 128 Å². The molecule has 4 nitrogen and oxygen atoms in total. The topological polar surface area (TPSA) is 56.5 Å². The SMILES string of the molecule is NNC(c1ccccc1Br)C1CCOC2(CCOC2)C1. The zero-order valence-electron chi connectivity index (χ0n) is 11.5. The Hall–Kier alpha value is -0.460. The Morgan fingerprint density at radius 1 is 1.35 bits per heavy atom. The fourth-order valence-electron chi connectivity index (χ4n) is 3.42. The third-order valence-electron chi connectivity index (χ3n) is 4.49. The predicted molar refractivity (Wildman–Crippen MR) is 81.0 cm³/mol. The fraction of sp³-hybridized carbons (Fsp3) is 0.600. The van der Waals surface area contributed by atoms with Gasteiger partial charge in [-0.1, -0.05) is 34.1 Å². The molecular weight excluding hydrogens is 320 g/mol. The van der Waals surface area contributed by atoms with Crippen LogP contribution in [0.25, 0.3) is 0 Å². The molecule has 0 saturated carbocycles. The second kappa shape index (κ2) is 6.12. The van der Waals surface area contributed by atoms with Crippen molar-refractivity contribution in [3.8, 4) is 0 Å². The molecule has 2 heterocycles. The zero-order valence-corrected chi connectivity index (χ0v) is 13.1. The minimum atomic E-state index is -0.0841. The molecular formula is C15H21BrN2O2. The molecule has 1 aromatic carbocycles. The lowest BCUT2D eigenvalue weighted by molar-refractivity contribution is -0.103. The van der Waals surface area contributed by atoms with E-state index in [2.05, 4.69) is 39.6 Å². The summed E-state index contributed by atoms with van der Waals surface area (Å²) in [4.78, 5) is 0. The first-order valence-corrected chi connectivity index (χ1v) is 7.96. The summed E-state index contributed by atoms with van der Waals surface area (Å²) in [7, 11) is 0. The average molecular weight is 341 g/mol. The van der Waals surface area contributed by atoms with Crippen LogP contribution in [0.2, 0.25) is 0 Å². The van der Waals surface area contributed by atoms with Crippen LogP contribution < -0.4 is 11.3 Å². The summed E-state index contributed by atoms with van der Waals surface area (Å²) in [6.45, 7) is 2.32. The van der Waals surface area contributed by atoms with Crippen LogP contribution in [0.3, 0.4) is 0 Å². The molecule has 3 atom stereocenters. The first-order valence-electron chi connectivity index (χ1n) is 7.16. The maximum atomic E-state index is 6.01. The molecule has 1 aromatic rings. The van der Waals surface area contributed by atoms with Crippen LogP contribution in [0.1, 0.15) is 30.9 Å². The van der Waals surface area contributed by atoms with Gasteiger partial charge in [-0.25, -0.2) is 0 Å². The van der Waals surface area contributed by atoms with Crippen molar-refractivity contribution in [3.63, 3.8) is 0 Å². The summed E-state index contributed by atoms with van der Waals surface area (Å²) in [6, 6.07) is 8.41. The Kier molecular flexibility index (Phi) is 4.43. The molecule has 1 spiro atoms. The lowest BCUT2D eigenvalue weighted by Gasteiger charge is -2.40. The van der Waals surface area contributed by atoms with Crippen molar-refractivity contribution < 1.29 is 9.47 Å². The van der Waals surface area contributed by atoms with Crippen molar-refractivity contribution in [1.29, 1.82) is 0 Å². The van der Waals surface area contributed by atoms with E-state index in [1.165, 1.54) is 5.56 Å². The van der Waals surface area contributed by atoms with Gasteiger partial charge in [0.05, 0.1) is 18.2 Å². The third-order valence-corrected chi connectivity index (χ3v) is 5.21. The monoisotopic (exact) mass is 340 g/mol. The Balaban J connectivity index is 1.81. The average Bonchev–Trinajstić information content (AvgIpc) is 2.90. The van der Waals surface area contributed by atoms with Gasteiger partial charge in [-0.15, -0.1) is 0 Å². The second-order valence-corrected chi connectivity index (χ2v) is 6.61. The van der Waals surface area contributed by atoms with Gasteiger partial charge in [-0.2, -0.15) is 0 Å². The Morgan fingerprint density at radius 3 is 2.90 bits per heavy atom. The number of hydrogen-bond acceptors (Lipinski definition) is 4. The molecule has 2 aliphatic rings. The molecule has 3 N–H and O–H groups in total. The van der Waals surface area contributed by atoms with Crippen LogP contribution in [0.15, 0.2) is 28.7 Å². The first-order chi connectivity index (χ1) is 9.74. The van der Waals surface area contributed by atoms with E-state index in [1.807, 2.05) is 6.07 Å². The summed E-state index contributed by atoms with van der Waals surface area (Å²) in [6.07, 6.45) is 3.03.